The summed E-state index contributed by atoms with van der Waals surface area (Å²) >= 11 is 0. The van der Waals surface area contributed by atoms with Gasteiger partial charge in [-0.15, -0.1) is 0 Å². The first-order valence-corrected chi connectivity index (χ1v) is 3.78. The van der Waals surface area contributed by atoms with Gasteiger partial charge in [-0.3, -0.25) is 4.79 Å². The summed E-state index contributed by atoms with van der Waals surface area (Å²) in [6.45, 7) is 4.37. The minimum absolute atomic E-state index is 0.168. The van der Waals surface area contributed by atoms with E-state index in [4.69, 9.17) is 10.5 Å². The Kier molecular flexibility index (Phi) is 6.73. The third-order valence-corrected chi connectivity index (χ3v) is 1.20. The van der Waals surface area contributed by atoms with Crippen molar-refractivity contribution in [1.82, 2.24) is 0 Å². The zero-order valence-electron chi connectivity index (χ0n) is 6.71. The van der Waals surface area contributed by atoms with Crippen LogP contribution in [-0.2, 0) is 9.53 Å². The highest BCUT2D eigenvalue weighted by Crippen LogP contribution is 1.95. The molecule has 0 atom stereocenters. The fraction of sp³-hybridized carbons (Fsp3) is 0.625. The zero-order valence-corrected chi connectivity index (χ0v) is 6.71. The van der Waals surface area contributed by atoms with E-state index in [1.54, 1.807) is 6.08 Å². The largest absolute Gasteiger partial charge is 0.461 e. The van der Waals surface area contributed by atoms with Gasteiger partial charge in [-0.2, -0.15) is 0 Å². The summed E-state index contributed by atoms with van der Waals surface area (Å²) in [4.78, 5) is 10.8. The van der Waals surface area contributed by atoms with Crippen molar-refractivity contribution >= 4 is 5.97 Å². The van der Waals surface area contributed by atoms with Gasteiger partial charge < -0.3 is 10.5 Å². The molecule has 0 saturated carbocycles. The lowest BCUT2D eigenvalue weighted by Crippen LogP contribution is -2.05. The molecule has 3 nitrogen and oxygen atoms in total. The molecule has 0 spiro atoms. The van der Waals surface area contributed by atoms with E-state index in [0.717, 1.165) is 12.8 Å². The summed E-state index contributed by atoms with van der Waals surface area (Å²) in [6.07, 6.45) is 3.71. The van der Waals surface area contributed by atoms with Crippen molar-refractivity contribution in [1.29, 1.82) is 0 Å². The normalized spacial score (nSPS) is 9.18. The lowest BCUT2D eigenvalue weighted by atomic mass is 10.2. The van der Waals surface area contributed by atoms with Gasteiger partial charge in [-0.25, -0.2) is 0 Å². The molecule has 0 bridgehead atoms. The molecule has 0 unspecified atom stereocenters. The molecule has 0 aliphatic heterocycles. The van der Waals surface area contributed by atoms with Crippen molar-refractivity contribution in [3.8, 4) is 0 Å². The number of carbonyl (C=O) groups is 1. The number of esters is 1. The van der Waals surface area contributed by atoms with Gasteiger partial charge in [0.2, 0.25) is 0 Å². The SMILES string of the molecule is C=CCOC(=O)CCCCN. The maximum Gasteiger partial charge on any atom is 0.306 e. The Morgan fingerprint density at radius 1 is 1.55 bits per heavy atom. The first-order chi connectivity index (χ1) is 5.31. The summed E-state index contributed by atoms with van der Waals surface area (Å²) in [5, 5.41) is 0. The predicted octanol–water partition coefficient (Wildman–Crippen LogP) is 0.845. The van der Waals surface area contributed by atoms with Crippen LogP contribution in [0.4, 0.5) is 0 Å². The van der Waals surface area contributed by atoms with E-state index in [2.05, 4.69) is 6.58 Å². The van der Waals surface area contributed by atoms with Crippen molar-refractivity contribution in [2.24, 2.45) is 5.73 Å². The first-order valence-electron chi connectivity index (χ1n) is 3.78. The highest BCUT2D eigenvalue weighted by atomic mass is 16.5. The van der Waals surface area contributed by atoms with Gasteiger partial charge in [-0.1, -0.05) is 12.7 Å². The van der Waals surface area contributed by atoms with Crippen molar-refractivity contribution in [3.05, 3.63) is 12.7 Å². The summed E-state index contributed by atoms with van der Waals surface area (Å²) in [6, 6.07) is 0. The number of unbranched alkanes of at least 4 members (excludes halogenated alkanes) is 1. The van der Waals surface area contributed by atoms with E-state index in [1.807, 2.05) is 0 Å². The molecule has 0 aromatic carbocycles. The molecule has 0 saturated heterocycles. The number of carbonyl (C=O) groups excluding carboxylic acids is 1. The minimum Gasteiger partial charge on any atom is -0.461 e. The highest BCUT2D eigenvalue weighted by molar-refractivity contribution is 5.69. The molecule has 0 rings (SSSR count). The van der Waals surface area contributed by atoms with E-state index in [9.17, 15) is 4.79 Å². The van der Waals surface area contributed by atoms with Crippen molar-refractivity contribution < 1.29 is 9.53 Å². The van der Waals surface area contributed by atoms with Crippen LogP contribution in [0.2, 0.25) is 0 Å². The third-order valence-electron chi connectivity index (χ3n) is 1.20. The molecule has 0 amide bonds. The Bertz CT molecular complexity index is 123. The second kappa shape index (κ2) is 7.28. The molecular weight excluding hydrogens is 142 g/mol. The molecule has 0 aliphatic carbocycles. The van der Waals surface area contributed by atoms with Gasteiger partial charge in [0.25, 0.3) is 0 Å². The smallest absolute Gasteiger partial charge is 0.306 e. The molecule has 11 heavy (non-hydrogen) atoms. The lowest BCUT2D eigenvalue weighted by molar-refractivity contribution is -0.142. The topological polar surface area (TPSA) is 52.3 Å². The number of rotatable bonds is 6. The average molecular weight is 157 g/mol. The third kappa shape index (κ3) is 7.06. The van der Waals surface area contributed by atoms with E-state index >= 15 is 0 Å². The van der Waals surface area contributed by atoms with Gasteiger partial charge in [0.15, 0.2) is 0 Å². The molecule has 0 aromatic rings. The molecule has 2 N–H and O–H groups in total. The van der Waals surface area contributed by atoms with Gasteiger partial charge in [0.1, 0.15) is 6.61 Å². The van der Waals surface area contributed by atoms with Crippen LogP contribution >= 0.6 is 0 Å². The van der Waals surface area contributed by atoms with E-state index in [-0.39, 0.29) is 5.97 Å². The van der Waals surface area contributed by atoms with Crippen molar-refractivity contribution in [2.75, 3.05) is 13.2 Å². The van der Waals surface area contributed by atoms with Gasteiger partial charge >= 0.3 is 5.97 Å². The summed E-state index contributed by atoms with van der Waals surface area (Å²) in [5.41, 5.74) is 5.25. The Morgan fingerprint density at radius 2 is 2.27 bits per heavy atom. The lowest BCUT2D eigenvalue weighted by Gasteiger charge is -1.99. The maximum absolute atomic E-state index is 10.8. The van der Waals surface area contributed by atoms with E-state index in [0.29, 0.717) is 19.6 Å². The fourth-order valence-electron chi connectivity index (χ4n) is 0.638. The van der Waals surface area contributed by atoms with Crippen LogP contribution in [0, 0.1) is 0 Å². The van der Waals surface area contributed by atoms with Crippen LogP contribution in [0.25, 0.3) is 0 Å². The Balaban J connectivity index is 3.15. The first kappa shape index (κ1) is 10.2. The molecule has 0 aliphatic rings. The molecule has 64 valence electrons. The standard InChI is InChI=1S/C8H15NO2/c1-2-7-11-8(10)5-3-4-6-9/h2H,1,3-7,9H2. The quantitative estimate of drug-likeness (QED) is 0.353. The summed E-state index contributed by atoms with van der Waals surface area (Å²) in [5.74, 6) is -0.168. The summed E-state index contributed by atoms with van der Waals surface area (Å²) < 4.78 is 4.74. The molecule has 0 radical (unpaired) electrons. The van der Waals surface area contributed by atoms with Crippen LogP contribution in [0.3, 0.4) is 0 Å². The number of hydrogen-bond acceptors (Lipinski definition) is 3. The fourth-order valence-corrected chi connectivity index (χ4v) is 0.638. The maximum atomic E-state index is 10.8. The van der Waals surface area contributed by atoms with Crippen LogP contribution in [0.15, 0.2) is 12.7 Å². The van der Waals surface area contributed by atoms with Gasteiger partial charge in [-0.05, 0) is 19.4 Å². The number of ether oxygens (including phenoxy) is 1. The summed E-state index contributed by atoms with van der Waals surface area (Å²) in [7, 11) is 0. The minimum atomic E-state index is -0.168. The van der Waals surface area contributed by atoms with Gasteiger partial charge in [0, 0.05) is 6.42 Å². The van der Waals surface area contributed by atoms with Gasteiger partial charge in [0.05, 0.1) is 0 Å². The second-order valence-electron chi connectivity index (χ2n) is 2.22. The van der Waals surface area contributed by atoms with Crippen LogP contribution in [0.5, 0.6) is 0 Å². The molecular formula is C8H15NO2. The van der Waals surface area contributed by atoms with Crippen LogP contribution in [0.1, 0.15) is 19.3 Å². The molecule has 0 aromatic heterocycles. The van der Waals surface area contributed by atoms with Crippen molar-refractivity contribution in [2.45, 2.75) is 19.3 Å². The molecule has 0 heterocycles. The highest BCUT2D eigenvalue weighted by Gasteiger charge is 1.99. The number of hydrogen-bond donors (Lipinski definition) is 1. The Morgan fingerprint density at radius 3 is 2.82 bits per heavy atom. The second-order valence-corrected chi connectivity index (χ2v) is 2.22. The molecule has 3 heteroatoms. The van der Waals surface area contributed by atoms with Crippen LogP contribution in [-0.4, -0.2) is 19.1 Å². The average Bonchev–Trinajstić information content (AvgIpc) is 2.01. The molecule has 0 fully saturated rings. The zero-order chi connectivity index (χ0) is 8.53. The Hall–Kier alpha value is -0.830. The van der Waals surface area contributed by atoms with Crippen LogP contribution < -0.4 is 5.73 Å². The number of nitrogens with two attached hydrogens (primary N) is 1. The van der Waals surface area contributed by atoms with Crippen molar-refractivity contribution in [3.63, 3.8) is 0 Å². The predicted molar refractivity (Wildman–Crippen MR) is 44.1 cm³/mol. The Labute approximate surface area is 67.2 Å². The van der Waals surface area contributed by atoms with E-state index < -0.39 is 0 Å². The van der Waals surface area contributed by atoms with E-state index in [1.165, 1.54) is 0 Å². The monoisotopic (exact) mass is 157 g/mol.